The second-order valence-corrected chi connectivity index (χ2v) is 6.61. The Labute approximate surface area is 143 Å². The molecule has 4 nitrogen and oxygen atoms in total. The zero-order valence-corrected chi connectivity index (χ0v) is 14.5. The Morgan fingerprint density at radius 1 is 1.26 bits per heavy atom. The average Bonchev–Trinajstić information content (AvgIpc) is 2.46. The number of pyridine rings is 1. The summed E-state index contributed by atoms with van der Waals surface area (Å²) >= 11 is 0. The molecule has 1 aliphatic heterocycles. The number of carbonyl (C=O) groups is 1. The molecule has 0 bridgehead atoms. The first-order valence-electron chi connectivity index (χ1n) is 7.50. The third-order valence-corrected chi connectivity index (χ3v) is 4.01. The number of nitrogens with one attached hydrogen (secondary N) is 1. The van der Waals surface area contributed by atoms with Gasteiger partial charge in [-0.1, -0.05) is 32.0 Å². The van der Waals surface area contributed by atoms with Crippen molar-refractivity contribution in [2.75, 3.05) is 18.9 Å². The standard InChI is InChI=1S/C18H21N3O.ClH/c1-18(2)12-21(3)11-14-9-15(10-19-16(14)18)20-17(22)13-7-5-4-6-8-13;/h4-10H,11-12H2,1-3H3,(H,20,22);1H. The topological polar surface area (TPSA) is 45.2 Å². The van der Waals surface area contributed by atoms with Gasteiger partial charge in [0.25, 0.3) is 5.91 Å². The highest BCUT2D eigenvalue weighted by molar-refractivity contribution is 6.04. The molecule has 0 saturated heterocycles. The van der Waals surface area contributed by atoms with Gasteiger partial charge in [0.2, 0.25) is 0 Å². The Hall–Kier alpha value is -1.91. The van der Waals surface area contributed by atoms with Crippen molar-refractivity contribution in [1.82, 2.24) is 9.88 Å². The SMILES string of the molecule is CN1Cc2cc(NC(=O)c3ccccc3)cnc2C(C)(C)C1.Cl. The van der Waals surface area contributed by atoms with E-state index in [-0.39, 0.29) is 23.7 Å². The van der Waals surface area contributed by atoms with Gasteiger partial charge in [-0.3, -0.25) is 9.78 Å². The first-order valence-corrected chi connectivity index (χ1v) is 7.50. The number of hydrogen-bond acceptors (Lipinski definition) is 3. The van der Waals surface area contributed by atoms with E-state index in [2.05, 4.69) is 36.1 Å². The van der Waals surface area contributed by atoms with Crippen molar-refractivity contribution in [1.29, 1.82) is 0 Å². The van der Waals surface area contributed by atoms with Crippen molar-refractivity contribution in [3.05, 3.63) is 59.4 Å². The average molecular weight is 332 g/mol. The van der Waals surface area contributed by atoms with Gasteiger partial charge >= 0.3 is 0 Å². The largest absolute Gasteiger partial charge is 0.321 e. The van der Waals surface area contributed by atoms with Crippen molar-refractivity contribution in [3.63, 3.8) is 0 Å². The summed E-state index contributed by atoms with van der Waals surface area (Å²) in [6.45, 7) is 6.26. The van der Waals surface area contributed by atoms with E-state index in [1.165, 1.54) is 5.56 Å². The molecule has 0 unspecified atom stereocenters. The lowest BCUT2D eigenvalue weighted by atomic mass is 9.82. The van der Waals surface area contributed by atoms with E-state index in [4.69, 9.17) is 0 Å². The van der Waals surface area contributed by atoms with Gasteiger partial charge in [-0.2, -0.15) is 0 Å². The number of likely N-dealkylation sites (N-methyl/N-ethyl adjacent to an activating group) is 1. The van der Waals surface area contributed by atoms with Gasteiger partial charge in [0, 0.05) is 24.1 Å². The fourth-order valence-electron chi connectivity index (χ4n) is 3.20. The van der Waals surface area contributed by atoms with Gasteiger partial charge in [0.15, 0.2) is 0 Å². The Morgan fingerprint density at radius 3 is 2.65 bits per heavy atom. The van der Waals surface area contributed by atoms with E-state index < -0.39 is 0 Å². The zero-order chi connectivity index (χ0) is 15.7. The molecule has 1 aliphatic rings. The minimum Gasteiger partial charge on any atom is -0.321 e. The number of hydrogen-bond donors (Lipinski definition) is 1. The van der Waals surface area contributed by atoms with Gasteiger partial charge in [0.1, 0.15) is 0 Å². The summed E-state index contributed by atoms with van der Waals surface area (Å²) in [6.07, 6.45) is 1.76. The van der Waals surface area contributed by atoms with E-state index in [1.807, 2.05) is 24.3 Å². The van der Waals surface area contributed by atoms with E-state index in [0.717, 1.165) is 24.5 Å². The molecule has 0 radical (unpaired) electrons. The number of fused-ring (bicyclic) bond motifs is 1. The van der Waals surface area contributed by atoms with Crippen LogP contribution in [-0.4, -0.2) is 29.4 Å². The van der Waals surface area contributed by atoms with E-state index in [0.29, 0.717) is 5.56 Å². The lowest BCUT2D eigenvalue weighted by Gasteiger charge is -2.37. The summed E-state index contributed by atoms with van der Waals surface area (Å²) < 4.78 is 0. The lowest BCUT2D eigenvalue weighted by molar-refractivity contribution is 0.102. The van der Waals surface area contributed by atoms with Gasteiger partial charge in [0.05, 0.1) is 17.6 Å². The summed E-state index contributed by atoms with van der Waals surface area (Å²) in [6, 6.07) is 11.3. The van der Waals surface area contributed by atoms with E-state index >= 15 is 0 Å². The van der Waals surface area contributed by atoms with Crippen LogP contribution in [0, 0.1) is 0 Å². The molecule has 1 aromatic heterocycles. The number of carbonyl (C=O) groups excluding carboxylic acids is 1. The highest BCUT2D eigenvalue weighted by atomic mass is 35.5. The lowest BCUT2D eigenvalue weighted by Crippen LogP contribution is -2.40. The Morgan fingerprint density at radius 2 is 1.96 bits per heavy atom. The summed E-state index contributed by atoms with van der Waals surface area (Å²) in [4.78, 5) is 19.1. The Bertz CT molecular complexity index is 701. The van der Waals surface area contributed by atoms with Crippen LogP contribution in [0.3, 0.4) is 0 Å². The van der Waals surface area contributed by atoms with Crippen molar-refractivity contribution in [2.24, 2.45) is 0 Å². The quantitative estimate of drug-likeness (QED) is 0.916. The third-order valence-electron chi connectivity index (χ3n) is 4.01. The molecule has 1 N–H and O–H groups in total. The molecule has 122 valence electrons. The predicted molar refractivity (Wildman–Crippen MR) is 95.2 cm³/mol. The second-order valence-electron chi connectivity index (χ2n) is 6.61. The monoisotopic (exact) mass is 331 g/mol. The molecule has 5 heteroatoms. The molecule has 1 amide bonds. The highest BCUT2D eigenvalue weighted by Crippen LogP contribution is 2.32. The summed E-state index contributed by atoms with van der Waals surface area (Å²) in [7, 11) is 2.11. The van der Waals surface area contributed by atoms with Crippen molar-refractivity contribution in [2.45, 2.75) is 25.8 Å². The van der Waals surface area contributed by atoms with Gasteiger partial charge < -0.3 is 10.2 Å². The van der Waals surface area contributed by atoms with Crippen LogP contribution in [0.15, 0.2) is 42.6 Å². The van der Waals surface area contributed by atoms with Crippen molar-refractivity contribution < 1.29 is 4.79 Å². The minimum atomic E-state index is -0.106. The summed E-state index contributed by atoms with van der Waals surface area (Å²) in [5, 5.41) is 2.93. The Kier molecular flexibility index (Phi) is 5.07. The van der Waals surface area contributed by atoms with Crippen LogP contribution in [0.1, 0.15) is 35.5 Å². The molecular weight excluding hydrogens is 310 g/mol. The molecule has 2 heterocycles. The first-order chi connectivity index (χ1) is 10.5. The number of aromatic nitrogens is 1. The van der Waals surface area contributed by atoms with Gasteiger partial charge in [-0.05, 0) is 30.8 Å². The van der Waals surface area contributed by atoms with Crippen molar-refractivity contribution >= 4 is 24.0 Å². The summed E-state index contributed by atoms with van der Waals surface area (Å²) in [5.41, 5.74) is 3.74. The number of halogens is 1. The van der Waals surface area contributed by atoms with E-state index in [9.17, 15) is 4.79 Å². The van der Waals surface area contributed by atoms with E-state index in [1.54, 1.807) is 18.3 Å². The molecule has 2 aromatic rings. The molecule has 3 rings (SSSR count). The maximum atomic E-state index is 12.2. The van der Waals surface area contributed by atoms with Crippen LogP contribution in [0.5, 0.6) is 0 Å². The van der Waals surface area contributed by atoms with Crippen molar-refractivity contribution in [3.8, 4) is 0 Å². The molecule has 23 heavy (non-hydrogen) atoms. The minimum absolute atomic E-state index is 0. The fourth-order valence-corrected chi connectivity index (χ4v) is 3.20. The number of nitrogens with zero attached hydrogens (tertiary/aromatic N) is 2. The second kappa shape index (κ2) is 6.69. The van der Waals surface area contributed by atoms with Gasteiger partial charge in [-0.15, -0.1) is 12.4 Å². The number of amides is 1. The fraction of sp³-hybridized carbons (Fsp3) is 0.333. The molecule has 1 aromatic carbocycles. The number of anilines is 1. The smallest absolute Gasteiger partial charge is 0.255 e. The number of rotatable bonds is 2. The maximum Gasteiger partial charge on any atom is 0.255 e. The van der Waals surface area contributed by atoms with Crippen LogP contribution >= 0.6 is 12.4 Å². The zero-order valence-electron chi connectivity index (χ0n) is 13.7. The van der Waals surface area contributed by atoms with Crippen LogP contribution in [0.2, 0.25) is 0 Å². The molecule has 0 atom stereocenters. The molecule has 0 fully saturated rings. The van der Waals surface area contributed by atoms with Crippen LogP contribution < -0.4 is 5.32 Å². The van der Waals surface area contributed by atoms with Crippen LogP contribution in [-0.2, 0) is 12.0 Å². The molecule has 0 aliphatic carbocycles. The summed E-state index contributed by atoms with van der Waals surface area (Å²) in [5.74, 6) is -0.106. The number of benzene rings is 1. The predicted octanol–water partition coefficient (Wildman–Crippen LogP) is 3.48. The molecule has 0 spiro atoms. The molecule has 0 saturated carbocycles. The van der Waals surface area contributed by atoms with Crippen LogP contribution in [0.4, 0.5) is 5.69 Å². The Balaban J connectivity index is 0.00000192. The molecular formula is C18H22ClN3O. The van der Waals surface area contributed by atoms with Gasteiger partial charge in [-0.25, -0.2) is 0 Å². The van der Waals surface area contributed by atoms with Crippen LogP contribution in [0.25, 0.3) is 0 Å². The normalized spacial score (nSPS) is 16.1. The maximum absolute atomic E-state index is 12.2. The third kappa shape index (κ3) is 3.71. The highest BCUT2D eigenvalue weighted by Gasteiger charge is 2.31. The first kappa shape index (κ1) is 17.4.